The largest absolute Gasteiger partial charge is 0.492 e. The van der Waals surface area contributed by atoms with Crippen LogP contribution in [0.5, 0.6) is 5.75 Å². The highest BCUT2D eigenvalue weighted by atomic mass is 35.5. The van der Waals surface area contributed by atoms with E-state index >= 15 is 0 Å². The minimum atomic E-state index is -0.143. The number of pyridine rings is 1. The lowest BCUT2D eigenvalue weighted by atomic mass is 9.94. The molecule has 0 atom stereocenters. The highest BCUT2D eigenvalue weighted by molar-refractivity contribution is 6.39. The number of anilines is 2. The Bertz CT molecular complexity index is 1410. The van der Waals surface area contributed by atoms with E-state index in [-0.39, 0.29) is 11.6 Å². The molecule has 0 spiro atoms. The predicted octanol–water partition coefficient (Wildman–Crippen LogP) is 6.35. The predicted molar refractivity (Wildman–Crippen MR) is 146 cm³/mol. The summed E-state index contributed by atoms with van der Waals surface area (Å²) in [7, 11) is 0. The van der Waals surface area contributed by atoms with Crippen LogP contribution in [0.1, 0.15) is 38.1 Å². The maximum absolute atomic E-state index is 13.9. The van der Waals surface area contributed by atoms with E-state index in [1.165, 1.54) is 6.42 Å². The van der Waals surface area contributed by atoms with Gasteiger partial charge in [0.05, 0.1) is 15.6 Å². The average Bonchev–Trinajstić information content (AvgIpc) is 2.89. The van der Waals surface area contributed by atoms with Crippen LogP contribution in [0.4, 0.5) is 11.6 Å². The topological polar surface area (TPSA) is 95.1 Å². The lowest BCUT2D eigenvalue weighted by molar-refractivity contribution is 0.328. The van der Waals surface area contributed by atoms with Crippen LogP contribution in [0.2, 0.25) is 10.0 Å². The highest BCUT2D eigenvalue weighted by Crippen LogP contribution is 2.36. The van der Waals surface area contributed by atoms with Gasteiger partial charge in [-0.1, -0.05) is 48.5 Å². The molecule has 1 fully saturated rings. The van der Waals surface area contributed by atoms with Gasteiger partial charge in [0, 0.05) is 35.4 Å². The number of aromatic nitrogens is 3. The van der Waals surface area contributed by atoms with E-state index in [0.717, 1.165) is 42.5 Å². The summed E-state index contributed by atoms with van der Waals surface area (Å²) in [4.78, 5) is 23.2. The summed E-state index contributed by atoms with van der Waals surface area (Å²) in [6.45, 7) is 0.915. The van der Waals surface area contributed by atoms with Crippen molar-refractivity contribution >= 4 is 45.9 Å². The normalized spacial score (nSPS) is 14.2. The Kier molecular flexibility index (Phi) is 7.41. The van der Waals surface area contributed by atoms with Gasteiger partial charge in [-0.15, -0.1) is 0 Å². The molecule has 0 radical (unpaired) electrons. The van der Waals surface area contributed by atoms with Crippen LogP contribution < -0.4 is 21.3 Å². The Morgan fingerprint density at radius 2 is 1.78 bits per heavy atom. The van der Waals surface area contributed by atoms with Gasteiger partial charge < -0.3 is 15.8 Å². The van der Waals surface area contributed by atoms with E-state index in [2.05, 4.69) is 10.3 Å². The van der Waals surface area contributed by atoms with Crippen molar-refractivity contribution in [2.45, 2.75) is 38.1 Å². The SMILES string of the molecule is NCCOc1ccc(Nc2ncc3cc(-c4c(Cl)cccc4Cl)c(=O)n(C4CCCCC4)c3n2)cc1. The molecule has 7 nitrogen and oxygen atoms in total. The molecule has 4 aromatic rings. The van der Waals surface area contributed by atoms with Gasteiger partial charge in [0.15, 0.2) is 0 Å². The van der Waals surface area contributed by atoms with Crippen molar-refractivity contribution in [3.63, 3.8) is 0 Å². The average molecular weight is 524 g/mol. The van der Waals surface area contributed by atoms with Crippen LogP contribution >= 0.6 is 23.2 Å². The Hall–Kier alpha value is -3.13. The van der Waals surface area contributed by atoms with Crippen molar-refractivity contribution in [1.29, 1.82) is 0 Å². The minimum Gasteiger partial charge on any atom is -0.492 e. The standard InChI is InChI=1S/C27H27Cl2N5O2/c28-22-7-4-8-23(29)24(22)21-15-17-16-31-27(32-18-9-11-20(12-10-18)36-14-13-30)33-25(17)34(26(21)35)19-5-2-1-3-6-19/h4,7-12,15-16,19H,1-3,5-6,13-14,30H2,(H,31,32,33). The van der Waals surface area contributed by atoms with E-state index in [1.54, 1.807) is 30.5 Å². The fourth-order valence-corrected chi connectivity index (χ4v) is 5.33. The second-order valence-electron chi connectivity index (χ2n) is 8.88. The van der Waals surface area contributed by atoms with E-state index in [4.69, 9.17) is 38.7 Å². The molecule has 1 aliphatic carbocycles. The summed E-state index contributed by atoms with van der Waals surface area (Å²) in [5, 5.41) is 4.86. The van der Waals surface area contributed by atoms with Crippen molar-refractivity contribution in [2.75, 3.05) is 18.5 Å². The zero-order chi connectivity index (χ0) is 25.1. The van der Waals surface area contributed by atoms with Gasteiger partial charge in [0.1, 0.15) is 18.0 Å². The number of nitrogens with two attached hydrogens (primary N) is 1. The first-order valence-electron chi connectivity index (χ1n) is 12.1. The molecule has 1 aliphatic rings. The molecule has 36 heavy (non-hydrogen) atoms. The lowest BCUT2D eigenvalue weighted by Gasteiger charge is -2.26. The molecule has 2 aromatic heterocycles. The smallest absolute Gasteiger partial charge is 0.260 e. The fraction of sp³-hybridized carbons (Fsp3) is 0.296. The van der Waals surface area contributed by atoms with Crippen LogP contribution in [-0.2, 0) is 0 Å². The van der Waals surface area contributed by atoms with Crippen LogP contribution in [0.3, 0.4) is 0 Å². The second kappa shape index (κ2) is 10.9. The molecule has 3 N–H and O–H groups in total. The number of ether oxygens (including phenoxy) is 1. The van der Waals surface area contributed by atoms with Crippen molar-refractivity contribution in [3.8, 4) is 16.9 Å². The lowest BCUT2D eigenvalue weighted by Crippen LogP contribution is -2.28. The Morgan fingerprint density at radius 1 is 1.06 bits per heavy atom. The number of hydrogen-bond donors (Lipinski definition) is 2. The van der Waals surface area contributed by atoms with Gasteiger partial charge in [-0.2, -0.15) is 4.98 Å². The molecule has 0 unspecified atom stereocenters. The summed E-state index contributed by atoms with van der Waals surface area (Å²) in [5.41, 5.74) is 7.75. The Labute approximate surface area is 219 Å². The van der Waals surface area contributed by atoms with Crippen molar-refractivity contribution in [3.05, 3.63) is 75.1 Å². The summed E-state index contributed by atoms with van der Waals surface area (Å²) in [6.07, 6.45) is 6.90. The van der Waals surface area contributed by atoms with E-state index < -0.39 is 0 Å². The van der Waals surface area contributed by atoms with E-state index in [1.807, 2.05) is 28.8 Å². The highest BCUT2D eigenvalue weighted by Gasteiger charge is 2.23. The van der Waals surface area contributed by atoms with Crippen molar-refractivity contribution < 1.29 is 4.74 Å². The van der Waals surface area contributed by atoms with Gasteiger partial charge in [0.2, 0.25) is 5.95 Å². The molecule has 9 heteroatoms. The zero-order valence-corrected chi connectivity index (χ0v) is 21.2. The van der Waals surface area contributed by atoms with Crippen LogP contribution in [0.15, 0.2) is 59.5 Å². The molecule has 0 saturated heterocycles. The molecule has 0 aliphatic heterocycles. The van der Waals surface area contributed by atoms with Gasteiger partial charge in [0.25, 0.3) is 5.56 Å². The van der Waals surface area contributed by atoms with Crippen LogP contribution in [0.25, 0.3) is 22.2 Å². The Morgan fingerprint density at radius 3 is 2.47 bits per heavy atom. The van der Waals surface area contributed by atoms with Crippen molar-refractivity contribution in [1.82, 2.24) is 14.5 Å². The number of nitrogens with zero attached hydrogens (tertiary/aromatic N) is 3. The number of hydrogen-bond acceptors (Lipinski definition) is 6. The molecule has 1 saturated carbocycles. The van der Waals surface area contributed by atoms with Crippen LogP contribution in [0, 0.1) is 0 Å². The molecule has 2 aromatic carbocycles. The van der Waals surface area contributed by atoms with Gasteiger partial charge in [-0.05, 0) is 55.3 Å². The molecular weight excluding hydrogens is 497 g/mol. The molecule has 2 heterocycles. The molecule has 0 amide bonds. The summed E-state index contributed by atoms with van der Waals surface area (Å²) < 4.78 is 7.36. The number of fused-ring (bicyclic) bond motifs is 1. The third kappa shape index (κ3) is 5.05. The van der Waals surface area contributed by atoms with Crippen molar-refractivity contribution in [2.24, 2.45) is 5.73 Å². The maximum Gasteiger partial charge on any atom is 0.260 e. The van der Waals surface area contributed by atoms with E-state index in [9.17, 15) is 4.79 Å². The third-order valence-electron chi connectivity index (χ3n) is 6.44. The minimum absolute atomic E-state index is 0.0525. The maximum atomic E-state index is 13.9. The first-order valence-corrected chi connectivity index (χ1v) is 12.9. The number of benzene rings is 2. The fourth-order valence-electron chi connectivity index (χ4n) is 4.73. The monoisotopic (exact) mass is 523 g/mol. The first-order chi connectivity index (χ1) is 17.5. The van der Waals surface area contributed by atoms with Gasteiger partial charge in [-0.3, -0.25) is 9.36 Å². The third-order valence-corrected chi connectivity index (χ3v) is 7.07. The number of rotatable bonds is 7. The quantitative estimate of drug-likeness (QED) is 0.293. The van der Waals surface area contributed by atoms with Gasteiger partial charge in [-0.25, -0.2) is 4.98 Å². The van der Waals surface area contributed by atoms with Gasteiger partial charge >= 0.3 is 0 Å². The Balaban J connectivity index is 1.59. The summed E-state index contributed by atoms with van der Waals surface area (Å²) in [6, 6.07) is 14.6. The second-order valence-corrected chi connectivity index (χ2v) is 9.70. The summed E-state index contributed by atoms with van der Waals surface area (Å²) in [5.74, 6) is 1.15. The molecule has 0 bridgehead atoms. The number of nitrogens with one attached hydrogen (secondary N) is 1. The van der Waals surface area contributed by atoms with Crippen LogP contribution in [-0.4, -0.2) is 27.7 Å². The zero-order valence-electron chi connectivity index (χ0n) is 19.7. The number of halogens is 2. The first kappa shape index (κ1) is 24.6. The summed E-state index contributed by atoms with van der Waals surface area (Å²) >= 11 is 13.0. The van der Waals surface area contributed by atoms with E-state index in [0.29, 0.717) is 45.9 Å². The molecular formula is C27H27Cl2N5O2. The molecule has 5 rings (SSSR count). The molecule has 186 valence electrons.